The van der Waals surface area contributed by atoms with Crippen molar-refractivity contribution in [3.8, 4) is 0 Å². The molecule has 1 aliphatic carbocycles. The molecule has 0 radical (unpaired) electrons. The van der Waals surface area contributed by atoms with Crippen molar-refractivity contribution in [3.05, 3.63) is 0 Å². The van der Waals surface area contributed by atoms with Gasteiger partial charge in [0.05, 0.1) is 5.75 Å². The number of carbonyl (C=O) groups is 2. The van der Waals surface area contributed by atoms with Crippen LogP contribution in [0.4, 0.5) is 0 Å². The van der Waals surface area contributed by atoms with Gasteiger partial charge < -0.3 is 15.5 Å². The third-order valence-electron chi connectivity index (χ3n) is 6.79. The van der Waals surface area contributed by atoms with E-state index < -0.39 is 34.0 Å². The fourth-order valence-corrected chi connectivity index (χ4v) is 7.19. The number of sulfonamides is 1. The van der Waals surface area contributed by atoms with Crippen molar-refractivity contribution >= 4 is 46.8 Å². The zero-order valence-electron chi connectivity index (χ0n) is 18.6. The first kappa shape index (κ1) is 29.4. The van der Waals surface area contributed by atoms with Gasteiger partial charge in [-0.1, -0.05) is 13.8 Å². The molecule has 2 saturated heterocycles. The minimum absolute atomic E-state index is 0. The Morgan fingerprint density at radius 2 is 1.75 bits per heavy atom. The molecular formula is C20H37Cl2N3O6S. The Labute approximate surface area is 202 Å². The number of carboxylic acids is 2. The van der Waals surface area contributed by atoms with Crippen molar-refractivity contribution in [2.45, 2.75) is 64.1 Å². The van der Waals surface area contributed by atoms with E-state index in [0.29, 0.717) is 37.3 Å². The zero-order valence-corrected chi connectivity index (χ0v) is 21.1. The van der Waals surface area contributed by atoms with Crippen LogP contribution in [0.3, 0.4) is 0 Å². The van der Waals surface area contributed by atoms with Crippen LogP contribution in [0.2, 0.25) is 0 Å². The summed E-state index contributed by atoms with van der Waals surface area (Å²) in [5.41, 5.74) is 0. The molecule has 4 N–H and O–H groups in total. The van der Waals surface area contributed by atoms with Crippen molar-refractivity contribution in [1.29, 1.82) is 0 Å². The second-order valence-corrected chi connectivity index (χ2v) is 11.6. The number of hydrogen-bond acceptors (Lipinski definition) is 6. The summed E-state index contributed by atoms with van der Waals surface area (Å²) >= 11 is 0. The van der Waals surface area contributed by atoms with Crippen LogP contribution in [-0.2, 0) is 19.6 Å². The van der Waals surface area contributed by atoms with Crippen LogP contribution >= 0.6 is 24.8 Å². The molecule has 32 heavy (non-hydrogen) atoms. The Kier molecular flexibility index (Phi) is 11.2. The molecule has 0 aromatic carbocycles. The molecule has 0 bridgehead atoms. The van der Waals surface area contributed by atoms with Crippen LogP contribution in [0.1, 0.15) is 46.0 Å². The summed E-state index contributed by atoms with van der Waals surface area (Å²) in [4.78, 5) is 25.0. The van der Waals surface area contributed by atoms with E-state index in [1.807, 2.05) is 18.7 Å². The Morgan fingerprint density at radius 3 is 2.34 bits per heavy atom. The normalized spacial score (nSPS) is 33.1. The molecule has 0 spiro atoms. The maximum Gasteiger partial charge on any atom is 0.320 e. The highest BCUT2D eigenvalue weighted by atomic mass is 35.5. The summed E-state index contributed by atoms with van der Waals surface area (Å²) in [6.07, 6.45) is 3.81. The first-order chi connectivity index (χ1) is 14.0. The first-order valence-electron chi connectivity index (χ1n) is 11.0. The van der Waals surface area contributed by atoms with Crippen molar-refractivity contribution < 1.29 is 28.2 Å². The molecule has 0 amide bonds. The van der Waals surface area contributed by atoms with E-state index in [-0.39, 0.29) is 48.9 Å². The molecule has 3 rings (SSSR count). The molecule has 2 aliphatic heterocycles. The minimum atomic E-state index is -3.43. The Balaban J connectivity index is 0.00000256. The number of rotatable bonds is 8. The molecule has 2 heterocycles. The predicted molar refractivity (Wildman–Crippen MR) is 126 cm³/mol. The number of piperidine rings is 1. The number of fused-ring (bicyclic) bond motifs is 1. The molecule has 3 aliphatic rings. The van der Waals surface area contributed by atoms with Gasteiger partial charge in [-0.15, -0.1) is 24.8 Å². The second kappa shape index (κ2) is 12.2. The molecule has 3 fully saturated rings. The van der Waals surface area contributed by atoms with Crippen LogP contribution in [0.15, 0.2) is 0 Å². The van der Waals surface area contributed by atoms with Gasteiger partial charge in [-0.3, -0.25) is 14.5 Å². The summed E-state index contributed by atoms with van der Waals surface area (Å²) in [5.74, 6) is -0.541. The second-order valence-electron chi connectivity index (χ2n) is 9.77. The summed E-state index contributed by atoms with van der Waals surface area (Å²) in [6, 6.07) is -1.57. The first-order valence-corrected chi connectivity index (χ1v) is 12.6. The van der Waals surface area contributed by atoms with Gasteiger partial charge in [-0.05, 0) is 62.3 Å². The van der Waals surface area contributed by atoms with E-state index in [1.54, 1.807) is 0 Å². The number of nitrogens with zero attached hydrogens (tertiary/aromatic N) is 1. The highest BCUT2D eigenvalue weighted by Gasteiger charge is 2.42. The van der Waals surface area contributed by atoms with E-state index in [1.165, 1.54) is 0 Å². The van der Waals surface area contributed by atoms with E-state index in [4.69, 9.17) is 0 Å². The lowest BCUT2D eigenvalue weighted by molar-refractivity contribution is -0.143. The highest BCUT2D eigenvalue weighted by Crippen LogP contribution is 2.39. The monoisotopic (exact) mass is 517 g/mol. The summed E-state index contributed by atoms with van der Waals surface area (Å²) in [5, 5.41) is 22.1. The molecule has 0 aromatic rings. The van der Waals surface area contributed by atoms with Crippen molar-refractivity contribution in [2.75, 3.05) is 25.4 Å². The van der Waals surface area contributed by atoms with Gasteiger partial charge in [0, 0.05) is 19.1 Å². The Bertz CT molecular complexity index is 754. The lowest BCUT2D eigenvalue weighted by Gasteiger charge is -2.42. The van der Waals surface area contributed by atoms with Crippen LogP contribution in [0, 0.1) is 23.7 Å². The number of aliphatic carboxylic acids is 2. The van der Waals surface area contributed by atoms with Gasteiger partial charge >= 0.3 is 11.9 Å². The highest BCUT2D eigenvalue weighted by molar-refractivity contribution is 7.89. The van der Waals surface area contributed by atoms with E-state index in [0.717, 1.165) is 25.8 Å². The average molecular weight is 519 g/mol. The molecule has 1 saturated carbocycles. The number of hydrogen-bond donors (Lipinski definition) is 4. The predicted octanol–water partition coefficient (Wildman–Crippen LogP) is 1.41. The lowest BCUT2D eigenvalue weighted by Crippen LogP contribution is -2.50. The van der Waals surface area contributed by atoms with E-state index in [2.05, 4.69) is 10.0 Å². The third-order valence-corrected chi connectivity index (χ3v) is 8.59. The van der Waals surface area contributed by atoms with E-state index >= 15 is 0 Å². The standard InChI is InChI=1S/C20H35N3O6S.2ClH/c1-12(2)11-30(28,29)22-16-7-18(20(26)27)23(10-16)9-13-3-4-14-8-21-17(19(24)25)6-15(14)5-13;;/h12-18,21-22H,3-11H2,1-2H3,(H,24,25)(H,26,27);2*1H/t13-,14-,15+,16-,17-,18-;;/m0../s1. The van der Waals surface area contributed by atoms with Gasteiger partial charge in [0.2, 0.25) is 10.0 Å². The van der Waals surface area contributed by atoms with E-state index in [9.17, 15) is 28.2 Å². The molecule has 0 unspecified atom stereocenters. The van der Waals surface area contributed by atoms with Crippen LogP contribution in [0.5, 0.6) is 0 Å². The molecule has 9 nitrogen and oxygen atoms in total. The minimum Gasteiger partial charge on any atom is -0.480 e. The Morgan fingerprint density at radius 1 is 1.06 bits per heavy atom. The quantitative estimate of drug-likeness (QED) is 0.379. The summed E-state index contributed by atoms with van der Waals surface area (Å²) in [7, 11) is -3.43. The largest absolute Gasteiger partial charge is 0.480 e. The molecule has 12 heteroatoms. The van der Waals surface area contributed by atoms with Gasteiger partial charge in [-0.25, -0.2) is 13.1 Å². The molecular weight excluding hydrogens is 481 g/mol. The van der Waals surface area contributed by atoms with Crippen molar-refractivity contribution in [2.24, 2.45) is 23.7 Å². The smallest absolute Gasteiger partial charge is 0.320 e. The number of nitrogens with one attached hydrogen (secondary N) is 2. The number of halogens is 2. The van der Waals surface area contributed by atoms with Crippen LogP contribution in [0.25, 0.3) is 0 Å². The average Bonchev–Trinajstić information content (AvgIpc) is 3.01. The maximum absolute atomic E-state index is 12.3. The Hall–Kier alpha value is -0.650. The van der Waals surface area contributed by atoms with Crippen molar-refractivity contribution in [3.63, 3.8) is 0 Å². The fraction of sp³-hybridized carbons (Fsp3) is 0.900. The van der Waals surface area contributed by atoms with Gasteiger partial charge in [0.1, 0.15) is 12.1 Å². The van der Waals surface area contributed by atoms with Gasteiger partial charge in [0.25, 0.3) is 0 Å². The summed E-state index contributed by atoms with van der Waals surface area (Å²) < 4.78 is 27.3. The maximum atomic E-state index is 12.3. The van der Waals surface area contributed by atoms with Crippen LogP contribution < -0.4 is 10.0 Å². The summed E-state index contributed by atoms with van der Waals surface area (Å²) in [6.45, 7) is 5.43. The molecule has 6 atom stereocenters. The molecule has 188 valence electrons. The number of likely N-dealkylation sites (tertiary alicyclic amines) is 1. The van der Waals surface area contributed by atoms with Crippen molar-refractivity contribution in [1.82, 2.24) is 14.9 Å². The van der Waals surface area contributed by atoms with Gasteiger partial charge in [0.15, 0.2) is 0 Å². The fourth-order valence-electron chi connectivity index (χ4n) is 5.54. The lowest BCUT2D eigenvalue weighted by atomic mass is 9.69. The third kappa shape index (κ3) is 7.70. The van der Waals surface area contributed by atoms with Crippen LogP contribution in [-0.4, -0.2) is 79.0 Å². The number of carboxylic acid groups (broad SMARTS) is 2. The molecule has 0 aromatic heterocycles. The zero-order chi connectivity index (χ0) is 22.1. The SMILES string of the molecule is CC(C)CS(=O)(=O)N[C@H]1C[C@@H](C(=O)O)N(C[C@H]2CC[C@H]3CN[C@H](C(=O)O)C[C@H]3C2)C1.Cl.Cl. The topological polar surface area (TPSA) is 136 Å². The van der Waals surface area contributed by atoms with Gasteiger partial charge in [-0.2, -0.15) is 0 Å².